The average molecular weight is 269 g/mol. The second-order valence-electron chi connectivity index (χ2n) is 5.12. The largest absolute Gasteiger partial charge is 0.398 e. The van der Waals surface area contributed by atoms with Gasteiger partial charge in [0.05, 0.1) is 6.10 Å². The van der Waals surface area contributed by atoms with Crippen LogP contribution < -0.4 is 5.73 Å². The topological polar surface area (TPSA) is 38.5 Å². The van der Waals surface area contributed by atoms with Gasteiger partial charge in [0.25, 0.3) is 0 Å². The standard InChI is InChI=1S/C14H21ClN2O/c1-10-5-6-17(9-14(10)18-2)8-11-3-4-12(15)7-13(11)16/h3-4,7,10,14H,5-6,8-9,16H2,1-2H3. The Balaban J connectivity index is 2.01. The number of benzene rings is 1. The highest BCUT2D eigenvalue weighted by Crippen LogP contribution is 2.24. The van der Waals surface area contributed by atoms with Crippen molar-refractivity contribution in [3.8, 4) is 0 Å². The predicted octanol–water partition coefficient (Wildman–Crippen LogP) is 2.78. The summed E-state index contributed by atoms with van der Waals surface area (Å²) in [6.45, 7) is 5.20. The van der Waals surface area contributed by atoms with E-state index in [1.54, 1.807) is 7.11 Å². The van der Waals surface area contributed by atoms with Crippen molar-refractivity contribution in [1.82, 2.24) is 4.90 Å². The molecule has 0 aliphatic carbocycles. The summed E-state index contributed by atoms with van der Waals surface area (Å²) in [4.78, 5) is 2.40. The first-order chi connectivity index (χ1) is 8.60. The van der Waals surface area contributed by atoms with E-state index in [9.17, 15) is 0 Å². The van der Waals surface area contributed by atoms with E-state index in [0.29, 0.717) is 17.0 Å². The number of rotatable bonds is 3. The molecule has 1 aromatic rings. The van der Waals surface area contributed by atoms with Crippen LogP contribution in [0, 0.1) is 5.92 Å². The molecule has 0 saturated carbocycles. The maximum absolute atomic E-state index is 5.99. The number of hydrogen-bond acceptors (Lipinski definition) is 3. The first kappa shape index (κ1) is 13.7. The normalized spacial score (nSPS) is 25.3. The molecule has 2 atom stereocenters. The molecule has 18 heavy (non-hydrogen) atoms. The predicted molar refractivity (Wildman–Crippen MR) is 75.7 cm³/mol. The summed E-state index contributed by atoms with van der Waals surface area (Å²) in [5.74, 6) is 0.633. The van der Waals surface area contributed by atoms with Crippen LogP contribution in [-0.4, -0.2) is 31.2 Å². The molecule has 1 heterocycles. The van der Waals surface area contributed by atoms with Crippen LogP contribution in [0.4, 0.5) is 5.69 Å². The lowest BCUT2D eigenvalue weighted by Crippen LogP contribution is -2.43. The van der Waals surface area contributed by atoms with Gasteiger partial charge in [-0.2, -0.15) is 0 Å². The molecule has 2 unspecified atom stereocenters. The quantitative estimate of drug-likeness (QED) is 0.857. The monoisotopic (exact) mass is 268 g/mol. The number of likely N-dealkylation sites (tertiary alicyclic amines) is 1. The van der Waals surface area contributed by atoms with Crippen molar-refractivity contribution in [3.05, 3.63) is 28.8 Å². The Morgan fingerprint density at radius 1 is 1.50 bits per heavy atom. The van der Waals surface area contributed by atoms with Crippen LogP contribution in [0.1, 0.15) is 18.9 Å². The Kier molecular flexibility index (Phi) is 4.49. The number of nitrogen functional groups attached to an aromatic ring is 1. The van der Waals surface area contributed by atoms with Crippen molar-refractivity contribution in [2.75, 3.05) is 25.9 Å². The minimum Gasteiger partial charge on any atom is -0.398 e. The van der Waals surface area contributed by atoms with Crippen molar-refractivity contribution in [3.63, 3.8) is 0 Å². The summed E-state index contributed by atoms with van der Waals surface area (Å²) in [6.07, 6.45) is 1.50. The Hall–Kier alpha value is -0.770. The summed E-state index contributed by atoms with van der Waals surface area (Å²) < 4.78 is 5.53. The van der Waals surface area contributed by atoms with Gasteiger partial charge < -0.3 is 10.5 Å². The van der Waals surface area contributed by atoms with E-state index < -0.39 is 0 Å². The highest BCUT2D eigenvalue weighted by atomic mass is 35.5. The maximum Gasteiger partial charge on any atom is 0.0724 e. The lowest BCUT2D eigenvalue weighted by molar-refractivity contribution is -0.00739. The fraction of sp³-hybridized carbons (Fsp3) is 0.571. The highest BCUT2D eigenvalue weighted by Gasteiger charge is 2.26. The van der Waals surface area contributed by atoms with Crippen LogP contribution in [0.15, 0.2) is 18.2 Å². The zero-order chi connectivity index (χ0) is 13.1. The molecule has 0 spiro atoms. The Morgan fingerprint density at radius 3 is 2.94 bits per heavy atom. The van der Waals surface area contributed by atoms with Crippen molar-refractivity contribution in [1.29, 1.82) is 0 Å². The molecular formula is C14H21ClN2O. The van der Waals surface area contributed by atoms with Gasteiger partial charge in [-0.15, -0.1) is 0 Å². The van der Waals surface area contributed by atoms with Gasteiger partial charge in [0, 0.05) is 30.9 Å². The molecule has 4 heteroatoms. The first-order valence-electron chi connectivity index (χ1n) is 6.39. The number of methoxy groups -OCH3 is 1. The average Bonchev–Trinajstić information content (AvgIpc) is 2.35. The van der Waals surface area contributed by atoms with Crippen LogP contribution in [0.3, 0.4) is 0 Å². The van der Waals surface area contributed by atoms with Crippen molar-refractivity contribution in [2.45, 2.75) is 26.0 Å². The summed E-state index contributed by atoms with van der Waals surface area (Å²) in [6, 6.07) is 5.72. The van der Waals surface area contributed by atoms with Gasteiger partial charge in [-0.3, -0.25) is 4.90 Å². The molecule has 1 aliphatic rings. The van der Waals surface area contributed by atoms with Gasteiger partial charge in [0.15, 0.2) is 0 Å². The Bertz CT molecular complexity index is 411. The van der Waals surface area contributed by atoms with E-state index in [0.717, 1.165) is 30.9 Å². The molecule has 3 nitrogen and oxygen atoms in total. The maximum atomic E-state index is 5.99. The highest BCUT2D eigenvalue weighted by molar-refractivity contribution is 6.30. The molecule has 0 radical (unpaired) electrons. The molecule has 0 amide bonds. The van der Waals surface area contributed by atoms with Crippen LogP contribution in [-0.2, 0) is 11.3 Å². The molecule has 0 bridgehead atoms. The smallest absolute Gasteiger partial charge is 0.0724 e. The number of ether oxygens (including phenoxy) is 1. The molecule has 0 aromatic heterocycles. The minimum atomic E-state index is 0.326. The van der Waals surface area contributed by atoms with E-state index in [4.69, 9.17) is 22.1 Å². The second-order valence-corrected chi connectivity index (χ2v) is 5.55. The van der Waals surface area contributed by atoms with E-state index in [2.05, 4.69) is 11.8 Å². The first-order valence-corrected chi connectivity index (χ1v) is 6.77. The number of nitrogens with two attached hydrogens (primary N) is 1. The summed E-state index contributed by atoms with van der Waals surface area (Å²) >= 11 is 5.91. The molecule has 1 aromatic carbocycles. The number of halogens is 1. The molecule has 1 aliphatic heterocycles. The van der Waals surface area contributed by atoms with Crippen molar-refractivity contribution in [2.24, 2.45) is 5.92 Å². The molecule has 2 N–H and O–H groups in total. The van der Waals surface area contributed by atoms with Gasteiger partial charge in [0.1, 0.15) is 0 Å². The Morgan fingerprint density at radius 2 is 2.28 bits per heavy atom. The van der Waals surface area contributed by atoms with Gasteiger partial charge in [0.2, 0.25) is 0 Å². The molecule has 1 saturated heterocycles. The van der Waals surface area contributed by atoms with Gasteiger partial charge in [-0.25, -0.2) is 0 Å². The molecular weight excluding hydrogens is 248 g/mol. The van der Waals surface area contributed by atoms with E-state index >= 15 is 0 Å². The summed E-state index contributed by atoms with van der Waals surface area (Å²) in [5, 5.41) is 0.693. The summed E-state index contributed by atoms with van der Waals surface area (Å²) in [5.41, 5.74) is 7.91. The molecule has 100 valence electrons. The zero-order valence-corrected chi connectivity index (χ0v) is 11.8. The third kappa shape index (κ3) is 3.16. The van der Waals surface area contributed by atoms with Crippen LogP contribution in [0.25, 0.3) is 0 Å². The SMILES string of the molecule is COC1CN(Cc2ccc(Cl)cc2N)CCC1C. The number of nitrogens with zero attached hydrogens (tertiary/aromatic N) is 1. The van der Waals surface area contributed by atoms with Crippen LogP contribution >= 0.6 is 11.6 Å². The lowest BCUT2D eigenvalue weighted by Gasteiger charge is -2.36. The fourth-order valence-corrected chi connectivity index (χ4v) is 2.68. The molecule has 2 rings (SSSR count). The zero-order valence-electron chi connectivity index (χ0n) is 11.0. The van der Waals surface area contributed by atoms with Gasteiger partial charge in [-0.1, -0.05) is 24.6 Å². The van der Waals surface area contributed by atoms with Gasteiger partial charge >= 0.3 is 0 Å². The minimum absolute atomic E-state index is 0.326. The van der Waals surface area contributed by atoms with Gasteiger partial charge in [-0.05, 0) is 36.6 Å². The Labute approximate surface area is 114 Å². The van der Waals surface area contributed by atoms with E-state index in [1.165, 1.54) is 6.42 Å². The number of anilines is 1. The fourth-order valence-electron chi connectivity index (χ4n) is 2.50. The van der Waals surface area contributed by atoms with E-state index in [1.807, 2.05) is 18.2 Å². The lowest BCUT2D eigenvalue weighted by atomic mass is 9.95. The third-order valence-electron chi connectivity index (χ3n) is 3.78. The number of piperidine rings is 1. The van der Waals surface area contributed by atoms with Crippen LogP contribution in [0.2, 0.25) is 5.02 Å². The number of hydrogen-bond donors (Lipinski definition) is 1. The molecule has 1 fully saturated rings. The second kappa shape index (κ2) is 5.91. The van der Waals surface area contributed by atoms with Crippen molar-refractivity contribution >= 4 is 17.3 Å². The summed E-state index contributed by atoms with van der Waals surface area (Å²) in [7, 11) is 1.79. The third-order valence-corrected chi connectivity index (χ3v) is 4.01. The van der Waals surface area contributed by atoms with Crippen LogP contribution in [0.5, 0.6) is 0 Å². The van der Waals surface area contributed by atoms with Crippen molar-refractivity contribution < 1.29 is 4.74 Å². The van der Waals surface area contributed by atoms with E-state index in [-0.39, 0.29) is 0 Å².